The van der Waals surface area contributed by atoms with Gasteiger partial charge in [0.15, 0.2) is 0 Å². The number of hydrogen-bond acceptors (Lipinski definition) is 3. The molecule has 2 aromatic carbocycles. The number of amides is 1. The molecular formula is C19H21NO3S. The van der Waals surface area contributed by atoms with Crippen LogP contribution in [0.2, 0.25) is 0 Å². The van der Waals surface area contributed by atoms with Crippen LogP contribution in [0.5, 0.6) is 0 Å². The molecule has 0 aliphatic carbocycles. The quantitative estimate of drug-likeness (QED) is 0.788. The van der Waals surface area contributed by atoms with Gasteiger partial charge < -0.3 is 10.0 Å². The molecule has 0 aliphatic rings. The van der Waals surface area contributed by atoms with Gasteiger partial charge in [0, 0.05) is 18.8 Å². The first-order chi connectivity index (χ1) is 11.4. The van der Waals surface area contributed by atoms with Crippen LogP contribution in [0.15, 0.2) is 48.5 Å². The van der Waals surface area contributed by atoms with Crippen molar-refractivity contribution in [1.29, 1.82) is 0 Å². The molecule has 1 N–H and O–H groups in total. The number of hydrogen-bond donors (Lipinski definition) is 2. The fourth-order valence-electron chi connectivity index (χ4n) is 2.34. The summed E-state index contributed by atoms with van der Waals surface area (Å²) in [6.07, 6.45) is 0.252. The topological polar surface area (TPSA) is 57.6 Å². The van der Waals surface area contributed by atoms with Crippen molar-refractivity contribution in [3.8, 4) is 0 Å². The van der Waals surface area contributed by atoms with Crippen LogP contribution in [0.25, 0.3) is 0 Å². The molecule has 0 saturated heterocycles. The summed E-state index contributed by atoms with van der Waals surface area (Å²) in [5.41, 5.74) is 3.23. The predicted molar refractivity (Wildman–Crippen MR) is 97.4 cm³/mol. The highest BCUT2D eigenvalue weighted by molar-refractivity contribution is 7.80. The SMILES string of the molecule is CC(S)c1ccc(CN(C)C(=O)Cc2ccc(C(=O)O)cc2)cc1. The van der Waals surface area contributed by atoms with E-state index in [1.807, 2.05) is 31.2 Å². The zero-order valence-corrected chi connectivity index (χ0v) is 14.7. The maximum atomic E-state index is 12.3. The second kappa shape index (κ2) is 8.02. The Hall–Kier alpha value is -2.27. The van der Waals surface area contributed by atoms with E-state index in [0.29, 0.717) is 6.54 Å². The van der Waals surface area contributed by atoms with Gasteiger partial charge in [-0.15, -0.1) is 0 Å². The van der Waals surface area contributed by atoms with Crippen LogP contribution in [0.4, 0.5) is 0 Å². The molecule has 24 heavy (non-hydrogen) atoms. The van der Waals surface area contributed by atoms with E-state index in [0.717, 1.165) is 16.7 Å². The van der Waals surface area contributed by atoms with Gasteiger partial charge >= 0.3 is 5.97 Å². The number of likely N-dealkylation sites (N-methyl/N-ethyl adjacent to an activating group) is 1. The standard InChI is InChI=1S/C19H21NO3S/c1-13(24)16-7-5-15(6-8-16)12-20(2)18(21)11-14-3-9-17(10-4-14)19(22)23/h3-10,13,24H,11-12H2,1-2H3,(H,22,23). The van der Waals surface area contributed by atoms with Gasteiger partial charge in [0.1, 0.15) is 0 Å². The second-order valence-electron chi connectivity index (χ2n) is 5.85. The summed E-state index contributed by atoms with van der Waals surface area (Å²) in [7, 11) is 1.77. The summed E-state index contributed by atoms with van der Waals surface area (Å²) in [5, 5.41) is 9.07. The minimum absolute atomic E-state index is 0.00952. The van der Waals surface area contributed by atoms with Crippen molar-refractivity contribution in [3.05, 3.63) is 70.8 Å². The highest BCUT2D eigenvalue weighted by Crippen LogP contribution is 2.19. The highest BCUT2D eigenvalue weighted by Gasteiger charge is 2.11. The summed E-state index contributed by atoms with van der Waals surface area (Å²) >= 11 is 4.40. The van der Waals surface area contributed by atoms with Crippen LogP contribution in [-0.2, 0) is 17.8 Å². The Labute approximate surface area is 147 Å². The Morgan fingerprint density at radius 2 is 1.58 bits per heavy atom. The third-order valence-electron chi connectivity index (χ3n) is 3.86. The zero-order chi connectivity index (χ0) is 17.7. The van der Waals surface area contributed by atoms with Gasteiger partial charge in [0.05, 0.1) is 12.0 Å². The van der Waals surface area contributed by atoms with E-state index < -0.39 is 5.97 Å². The Balaban J connectivity index is 1.95. The second-order valence-corrected chi connectivity index (χ2v) is 6.62. The zero-order valence-electron chi connectivity index (χ0n) is 13.8. The molecule has 126 valence electrons. The van der Waals surface area contributed by atoms with Gasteiger partial charge in [0.25, 0.3) is 0 Å². The third kappa shape index (κ3) is 4.86. The van der Waals surface area contributed by atoms with Crippen molar-refractivity contribution in [1.82, 2.24) is 4.90 Å². The van der Waals surface area contributed by atoms with Crippen LogP contribution < -0.4 is 0 Å². The van der Waals surface area contributed by atoms with E-state index in [2.05, 4.69) is 12.6 Å². The molecule has 1 atom stereocenters. The van der Waals surface area contributed by atoms with Crippen molar-refractivity contribution >= 4 is 24.5 Å². The number of carbonyl (C=O) groups is 2. The maximum absolute atomic E-state index is 12.3. The van der Waals surface area contributed by atoms with E-state index in [1.54, 1.807) is 24.1 Å². The van der Waals surface area contributed by atoms with Gasteiger partial charge in [-0.2, -0.15) is 12.6 Å². The number of carboxylic acids is 1. The molecule has 0 heterocycles. The summed E-state index contributed by atoms with van der Waals surface area (Å²) < 4.78 is 0. The molecule has 0 aliphatic heterocycles. The fraction of sp³-hybridized carbons (Fsp3) is 0.263. The number of rotatable bonds is 6. The monoisotopic (exact) mass is 343 g/mol. The first kappa shape index (κ1) is 18.1. The lowest BCUT2D eigenvalue weighted by molar-refractivity contribution is -0.129. The molecule has 0 radical (unpaired) electrons. The lowest BCUT2D eigenvalue weighted by Crippen LogP contribution is -2.27. The number of carboxylic acid groups (broad SMARTS) is 1. The van der Waals surface area contributed by atoms with Gasteiger partial charge in [-0.3, -0.25) is 4.79 Å². The van der Waals surface area contributed by atoms with E-state index in [-0.39, 0.29) is 23.1 Å². The van der Waals surface area contributed by atoms with Gasteiger partial charge in [-0.25, -0.2) is 4.79 Å². The summed E-state index contributed by atoms with van der Waals surface area (Å²) in [6.45, 7) is 2.55. The number of aromatic carboxylic acids is 1. The molecule has 0 saturated carbocycles. The first-order valence-corrected chi connectivity index (χ1v) is 8.21. The smallest absolute Gasteiger partial charge is 0.335 e. The third-order valence-corrected chi connectivity index (χ3v) is 4.16. The Bertz CT molecular complexity index is 708. The number of nitrogens with zero attached hydrogens (tertiary/aromatic N) is 1. The lowest BCUT2D eigenvalue weighted by atomic mass is 10.1. The van der Waals surface area contributed by atoms with E-state index in [9.17, 15) is 9.59 Å². The summed E-state index contributed by atoms with van der Waals surface area (Å²) in [6, 6.07) is 14.5. The molecule has 4 nitrogen and oxygen atoms in total. The molecule has 0 spiro atoms. The number of thiol groups is 1. The van der Waals surface area contributed by atoms with Crippen molar-refractivity contribution in [3.63, 3.8) is 0 Å². The average Bonchev–Trinajstić information content (AvgIpc) is 2.55. The van der Waals surface area contributed by atoms with Crippen LogP contribution in [0.3, 0.4) is 0 Å². The summed E-state index contributed by atoms with van der Waals surface area (Å²) in [4.78, 5) is 24.8. The number of benzene rings is 2. The normalized spacial score (nSPS) is 11.8. The molecule has 1 unspecified atom stereocenters. The minimum Gasteiger partial charge on any atom is -0.478 e. The molecule has 1 amide bonds. The van der Waals surface area contributed by atoms with E-state index in [4.69, 9.17) is 5.11 Å². The average molecular weight is 343 g/mol. The van der Waals surface area contributed by atoms with E-state index >= 15 is 0 Å². The Morgan fingerprint density at radius 1 is 1.04 bits per heavy atom. The van der Waals surface area contributed by atoms with E-state index in [1.165, 1.54) is 12.1 Å². The lowest BCUT2D eigenvalue weighted by Gasteiger charge is -2.18. The Kier molecular flexibility index (Phi) is 6.04. The largest absolute Gasteiger partial charge is 0.478 e. The molecule has 2 rings (SSSR count). The fourth-order valence-corrected chi connectivity index (χ4v) is 2.51. The summed E-state index contributed by atoms with van der Waals surface area (Å²) in [5.74, 6) is -0.978. The Morgan fingerprint density at radius 3 is 2.08 bits per heavy atom. The molecule has 0 bridgehead atoms. The number of carbonyl (C=O) groups excluding carboxylic acids is 1. The van der Waals surface area contributed by atoms with Crippen LogP contribution >= 0.6 is 12.6 Å². The first-order valence-electron chi connectivity index (χ1n) is 7.70. The molecule has 0 aromatic heterocycles. The van der Waals surface area contributed by atoms with Crippen LogP contribution in [0.1, 0.15) is 39.2 Å². The van der Waals surface area contributed by atoms with Gasteiger partial charge in [0.2, 0.25) is 5.91 Å². The predicted octanol–water partition coefficient (Wildman–Crippen LogP) is 3.58. The van der Waals surface area contributed by atoms with Crippen molar-refractivity contribution in [2.24, 2.45) is 0 Å². The van der Waals surface area contributed by atoms with Crippen molar-refractivity contribution < 1.29 is 14.7 Å². The molecule has 0 fully saturated rings. The van der Waals surface area contributed by atoms with Crippen LogP contribution in [0, 0.1) is 0 Å². The minimum atomic E-state index is -0.969. The molecular weight excluding hydrogens is 322 g/mol. The van der Waals surface area contributed by atoms with Crippen molar-refractivity contribution in [2.75, 3.05) is 7.05 Å². The van der Waals surface area contributed by atoms with Crippen LogP contribution in [-0.4, -0.2) is 28.9 Å². The van der Waals surface area contributed by atoms with Gasteiger partial charge in [-0.1, -0.05) is 36.4 Å². The van der Waals surface area contributed by atoms with Crippen molar-refractivity contribution in [2.45, 2.75) is 25.1 Å². The molecule has 5 heteroatoms. The maximum Gasteiger partial charge on any atom is 0.335 e. The van der Waals surface area contributed by atoms with Gasteiger partial charge in [-0.05, 0) is 35.7 Å². The molecule has 2 aromatic rings. The highest BCUT2D eigenvalue weighted by atomic mass is 32.1.